The molecule has 0 fully saturated rings. The number of rotatable bonds is 8. The van der Waals surface area contributed by atoms with E-state index < -0.39 is 29.6 Å². The van der Waals surface area contributed by atoms with Crippen LogP contribution in [0, 0.1) is 13.8 Å². The molecule has 1 amide bonds. The van der Waals surface area contributed by atoms with E-state index >= 15 is 0 Å². The monoisotopic (exact) mass is 659 g/mol. The molecular weight excluding hydrogens is 631 g/mol. The van der Waals surface area contributed by atoms with E-state index in [9.17, 15) is 27.6 Å². The summed E-state index contributed by atoms with van der Waals surface area (Å²) in [6, 6.07) is 13.7. The molecule has 0 unspecified atom stereocenters. The fraction of sp³-hybridized carbons (Fsp3) is 0.121. The zero-order chi connectivity index (χ0) is 35.0. The first kappa shape index (κ1) is 34.5. The lowest BCUT2D eigenvalue weighted by Gasteiger charge is -2.14. The van der Waals surface area contributed by atoms with Crippen molar-refractivity contribution in [1.29, 1.82) is 0 Å². The highest BCUT2D eigenvalue weighted by atomic mass is 19.4. The number of nitrogens with zero attached hydrogens (tertiary/aromatic N) is 5. The van der Waals surface area contributed by atoms with E-state index in [0.29, 0.717) is 29.1 Å². The minimum atomic E-state index is -4.60. The van der Waals surface area contributed by atoms with Crippen LogP contribution in [0.25, 0.3) is 16.9 Å². The van der Waals surface area contributed by atoms with Crippen LogP contribution in [0.5, 0.6) is 0 Å². The molecule has 3 aromatic heterocycles. The third-order valence-electron chi connectivity index (χ3n) is 6.55. The summed E-state index contributed by atoms with van der Waals surface area (Å²) in [6.45, 7) is 4.80. The molecular formula is C33H28F3N7O5. The first-order chi connectivity index (χ1) is 22.7. The lowest BCUT2D eigenvalue weighted by atomic mass is 10.1. The molecule has 0 atom stereocenters. The van der Waals surface area contributed by atoms with E-state index in [4.69, 9.17) is 10.2 Å². The predicted octanol–water partition coefficient (Wildman–Crippen LogP) is 6.46. The van der Waals surface area contributed by atoms with Crippen LogP contribution >= 0.6 is 0 Å². The van der Waals surface area contributed by atoms with Gasteiger partial charge in [0.15, 0.2) is 0 Å². The molecule has 0 aliphatic carbocycles. The van der Waals surface area contributed by atoms with Crippen LogP contribution in [0.1, 0.15) is 34.1 Å². The highest BCUT2D eigenvalue weighted by Crippen LogP contribution is 2.33. The third kappa shape index (κ3) is 9.32. The molecule has 4 N–H and O–H groups in total. The number of carbonyl (C=O) groups is 3. The first-order valence-corrected chi connectivity index (χ1v) is 14.0. The Morgan fingerprint density at radius 2 is 1.73 bits per heavy atom. The van der Waals surface area contributed by atoms with E-state index in [0.717, 1.165) is 23.3 Å². The number of alkyl halides is 3. The Hall–Kier alpha value is -6.38. The number of aliphatic carboxylic acids is 2. The molecule has 48 heavy (non-hydrogen) atoms. The molecule has 0 aliphatic heterocycles. The summed E-state index contributed by atoms with van der Waals surface area (Å²) in [5.74, 6) is -2.71. The number of aryl methyl sites for hydroxylation is 2. The summed E-state index contributed by atoms with van der Waals surface area (Å²) < 4.78 is 42.3. The van der Waals surface area contributed by atoms with Gasteiger partial charge in [0.05, 0.1) is 23.3 Å². The average Bonchev–Trinajstić information content (AvgIpc) is 3.48. The van der Waals surface area contributed by atoms with Gasteiger partial charge in [0.2, 0.25) is 5.95 Å². The Bertz CT molecular complexity index is 1990. The number of anilines is 3. The fourth-order valence-electron chi connectivity index (χ4n) is 4.12. The van der Waals surface area contributed by atoms with Gasteiger partial charge >= 0.3 is 18.1 Å². The molecule has 15 heteroatoms. The molecule has 12 nitrogen and oxygen atoms in total. The van der Waals surface area contributed by atoms with E-state index in [1.165, 1.54) is 23.9 Å². The summed E-state index contributed by atoms with van der Waals surface area (Å²) in [5.41, 5.74) is 2.91. The topological polar surface area (TPSA) is 172 Å². The Kier molecular flexibility index (Phi) is 10.6. The Labute approximate surface area is 271 Å². The fourth-order valence-corrected chi connectivity index (χ4v) is 4.12. The smallest absolute Gasteiger partial charge is 0.416 e. The minimum absolute atomic E-state index is 0.00114. The van der Waals surface area contributed by atoms with Crippen LogP contribution in [0.2, 0.25) is 0 Å². The quantitative estimate of drug-likeness (QED) is 0.136. The van der Waals surface area contributed by atoms with Crippen molar-refractivity contribution in [2.45, 2.75) is 26.9 Å². The minimum Gasteiger partial charge on any atom is -0.478 e. The molecule has 0 saturated heterocycles. The molecule has 0 bridgehead atoms. The van der Waals surface area contributed by atoms with Gasteiger partial charge in [-0.05, 0) is 74.9 Å². The van der Waals surface area contributed by atoms with Crippen LogP contribution in [0.3, 0.4) is 0 Å². The number of benzene rings is 2. The number of hydrogen-bond donors (Lipinski definition) is 4. The third-order valence-corrected chi connectivity index (χ3v) is 6.55. The largest absolute Gasteiger partial charge is 0.478 e. The van der Waals surface area contributed by atoms with Crippen LogP contribution in [-0.4, -0.2) is 52.6 Å². The van der Waals surface area contributed by atoms with Crippen molar-refractivity contribution in [3.63, 3.8) is 0 Å². The summed E-state index contributed by atoms with van der Waals surface area (Å²) in [4.78, 5) is 49.7. The van der Waals surface area contributed by atoms with Gasteiger partial charge in [-0.25, -0.2) is 24.5 Å². The van der Waals surface area contributed by atoms with Crippen LogP contribution < -0.4 is 10.6 Å². The number of carboxylic acid groups (broad SMARTS) is 2. The van der Waals surface area contributed by atoms with Gasteiger partial charge < -0.3 is 25.4 Å². The highest BCUT2D eigenvalue weighted by Gasteiger charge is 2.31. The normalized spacial score (nSPS) is 11.2. The number of aromatic nitrogens is 5. The molecule has 5 aromatic rings. The Balaban J connectivity index is 0.000000508. The van der Waals surface area contributed by atoms with Crippen molar-refractivity contribution < 1.29 is 37.8 Å². The van der Waals surface area contributed by atoms with E-state index in [2.05, 4.69) is 30.6 Å². The molecule has 0 spiro atoms. The van der Waals surface area contributed by atoms with Crippen molar-refractivity contribution in [3.8, 4) is 16.9 Å². The number of imidazole rings is 1. The molecule has 246 valence electrons. The highest BCUT2D eigenvalue weighted by molar-refractivity contribution is 6.05. The van der Waals surface area contributed by atoms with Crippen molar-refractivity contribution in [2.75, 3.05) is 10.6 Å². The summed E-state index contributed by atoms with van der Waals surface area (Å²) in [7, 11) is 0. The zero-order valence-corrected chi connectivity index (χ0v) is 25.6. The van der Waals surface area contributed by atoms with Gasteiger partial charge in [-0.1, -0.05) is 6.07 Å². The maximum Gasteiger partial charge on any atom is 0.416 e. The molecule has 0 aliphatic rings. The van der Waals surface area contributed by atoms with Crippen LogP contribution in [0.4, 0.5) is 30.5 Å². The Morgan fingerprint density at radius 1 is 0.958 bits per heavy atom. The van der Waals surface area contributed by atoms with Crippen LogP contribution in [0.15, 0.2) is 97.4 Å². The average molecular weight is 660 g/mol. The van der Waals surface area contributed by atoms with Gasteiger partial charge in [0, 0.05) is 64.6 Å². The van der Waals surface area contributed by atoms with Crippen LogP contribution in [-0.2, 0) is 15.8 Å². The summed E-state index contributed by atoms with van der Waals surface area (Å²) >= 11 is 0. The standard InChI is InChI=1S/C28H22F3N7O.C5H6O4/c1-17-5-6-19(10-25(17)37-27-33-9-7-24(36-27)20-4-3-8-32-14-20)26(39)35-22-11-21(28(29,30)31)12-23(13-22)38-15-18(2)34-16-38;1-3(5(8)9)2-4(6)7/h3-16H,1-2H3,(H,35,39)(H,33,36,37);2H,1H3,(H,6,7)(H,8,9)/b;3-2-. The van der Waals surface area contributed by atoms with Crippen molar-refractivity contribution >= 4 is 35.2 Å². The maximum atomic E-state index is 13.6. The predicted molar refractivity (Wildman–Crippen MR) is 170 cm³/mol. The lowest BCUT2D eigenvalue weighted by molar-refractivity contribution is -0.137. The Morgan fingerprint density at radius 3 is 2.33 bits per heavy atom. The number of amides is 1. The number of pyridine rings is 1. The number of halogens is 3. The van der Waals surface area contributed by atoms with E-state index in [1.54, 1.807) is 62.0 Å². The molecule has 0 radical (unpaired) electrons. The second kappa shape index (κ2) is 14.8. The van der Waals surface area contributed by atoms with Gasteiger partial charge in [0.25, 0.3) is 5.91 Å². The number of nitrogens with one attached hydrogen (secondary N) is 2. The number of carbonyl (C=O) groups excluding carboxylic acids is 1. The lowest BCUT2D eigenvalue weighted by Crippen LogP contribution is -2.14. The van der Waals surface area contributed by atoms with Gasteiger partial charge in [0.1, 0.15) is 0 Å². The maximum absolute atomic E-state index is 13.6. The number of hydrogen-bond acceptors (Lipinski definition) is 8. The SMILES string of the molecule is C/C(=C/C(=O)O)C(=O)O.Cc1cn(-c2cc(NC(=O)c3ccc(C)c(Nc4nccc(-c5cccnc5)n4)c3)cc(C(F)(F)F)c2)cn1. The number of carboxylic acids is 2. The molecule has 5 rings (SSSR count). The molecule has 2 aromatic carbocycles. The second-order valence-corrected chi connectivity index (χ2v) is 10.3. The van der Waals surface area contributed by atoms with E-state index in [-0.39, 0.29) is 22.5 Å². The van der Waals surface area contributed by atoms with Gasteiger partial charge in [-0.15, -0.1) is 0 Å². The summed E-state index contributed by atoms with van der Waals surface area (Å²) in [6.07, 6.45) is 4.03. The summed E-state index contributed by atoms with van der Waals surface area (Å²) in [5, 5.41) is 21.8. The van der Waals surface area contributed by atoms with Gasteiger partial charge in [-0.2, -0.15) is 13.2 Å². The first-order valence-electron chi connectivity index (χ1n) is 14.0. The van der Waals surface area contributed by atoms with Crippen molar-refractivity contribution in [1.82, 2.24) is 24.5 Å². The molecule has 3 heterocycles. The second-order valence-electron chi connectivity index (χ2n) is 10.3. The van der Waals surface area contributed by atoms with E-state index in [1.807, 2.05) is 13.0 Å². The van der Waals surface area contributed by atoms with Crippen molar-refractivity contribution in [2.24, 2.45) is 0 Å². The zero-order valence-electron chi connectivity index (χ0n) is 25.6. The van der Waals surface area contributed by atoms with Gasteiger partial charge in [-0.3, -0.25) is 9.78 Å². The molecule has 0 saturated carbocycles. The van der Waals surface area contributed by atoms with Crippen molar-refractivity contribution in [3.05, 3.63) is 120 Å².